The van der Waals surface area contributed by atoms with Crippen LogP contribution in [-0.2, 0) is 33.2 Å². The number of esters is 2. The van der Waals surface area contributed by atoms with E-state index < -0.39 is 82.2 Å². The number of rotatable bonds is 8. The summed E-state index contributed by atoms with van der Waals surface area (Å²) >= 11 is 0. The van der Waals surface area contributed by atoms with Gasteiger partial charge in [-0.25, -0.2) is 4.79 Å². The van der Waals surface area contributed by atoms with Crippen LogP contribution < -0.4 is 0 Å². The third-order valence-corrected chi connectivity index (χ3v) is 12.1. The van der Waals surface area contributed by atoms with Gasteiger partial charge in [-0.1, -0.05) is 18.2 Å². The number of ether oxygens (including phenoxy) is 6. The first-order valence-electron chi connectivity index (χ1n) is 15.1. The Labute approximate surface area is 250 Å². The van der Waals surface area contributed by atoms with Gasteiger partial charge in [-0.2, -0.15) is 0 Å². The Morgan fingerprint density at radius 1 is 1.02 bits per heavy atom. The summed E-state index contributed by atoms with van der Waals surface area (Å²) in [4.78, 5) is 31.9. The van der Waals surface area contributed by atoms with Gasteiger partial charge in [-0.05, 0) is 37.3 Å². The highest BCUT2D eigenvalue weighted by Gasteiger charge is 2.90. The molecule has 7 bridgehead atoms. The summed E-state index contributed by atoms with van der Waals surface area (Å²) in [6.45, 7) is 1.70. The zero-order valence-corrected chi connectivity index (χ0v) is 25.2. The van der Waals surface area contributed by atoms with Crippen LogP contribution in [0.1, 0.15) is 36.5 Å². The molecule has 0 aromatic heterocycles. The zero-order chi connectivity index (χ0) is 30.5. The van der Waals surface area contributed by atoms with Crippen LogP contribution in [0.3, 0.4) is 0 Å². The predicted octanol–water partition coefficient (Wildman–Crippen LogP) is 1.43. The number of aliphatic imine (C=N–C) groups is 1. The number of aliphatic hydroxyl groups is 2. The van der Waals surface area contributed by atoms with Gasteiger partial charge >= 0.3 is 11.9 Å². The van der Waals surface area contributed by atoms with Crippen molar-refractivity contribution in [3.63, 3.8) is 0 Å². The van der Waals surface area contributed by atoms with Crippen LogP contribution in [0.15, 0.2) is 35.3 Å². The molecule has 11 nitrogen and oxygen atoms in total. The molecule has 1 aliphatic heterocycles. The third kappa shape index (κ3) is 3.33. The number of hydrogen-bond acceptors (Lipinski definition) is 11. The zero-order valence-electron chi connectivity index (χ0n) is 25.2. The molecular weight excluding hydrogens is 558 g/mol. The number of carbonyl (C=O) groups excluding carboxylic acids is 2. The summed E-state index contributed by atoms with van der Waals surface area (Å²) in [7, 11) is 6.40. The van der Waals surface area contributed by atoms with Crippen LogP contribution in [0.4, 0.5) is 0 Å². The largest absolute Gasteiger partial charge is 0.455 e. The van der Waals surface area contributed by atoms with Gasteiger partial charge in [0.15, 0.2) is 5.60 Å². The number of carbonyl (C=O) groups is 2. The summed E-state index contributed by atoms with van der Waals surface area (Å²) < 4.78 is 37.0. The van der Waals surface area contributed by atoms with E-state index in [0.717, 1.165) is 12.8 Å². The van der Waals surface area contributed by atoms with Crippen LogP contribution in [-0.4, -0.2) is 111 Å². The minimum atomic E-state index is -1.78. The highest BCUT2D eigenvalue weighted by atomic mass is 16.6. The van der Waals surface area contributed by atoms with Crippen molar-refractivity contribution < 1.29 is 48.2 Å². The number of fused-ring (bicyclic) bond motifs is 2. The van der Waals surface area contributed by atoms with Crippen molar-refractivity contribution in [2.45, 2.75) is 73.9 Å². The Morgan fingerprint density at radius 2 is 1.77 bits per heavy atom. The van der Waals surface area contributed by atoms with Crippen LogP contribution >= 0.6 is 0 Å². The molecule has 5 aliphatic carbocycles. The third-order valence-electron chi connectivity index (χ3n) is 12.1. The maximum Gasteiger partial charge on any atom is 0.338 e. The van der Waals surface area contributed by atoms with Crippen molar-refractivity contribution in [1.82, 2.24) is 0 Å². The summed E-state index contributed by atoms with van der Waals surface area (Å²) in [5.74, 6) is -3.29. The van der Waals surface area contributed by atoms with E-state index in [1.807, 2.05) is 6.21 Å². The quantitative estimate of drug-likeness (QED) is 0.422. The first-order chi connectivity index (χ1) is 20.6. The second-order valence-electron chi connectivity index (χ2n) is 13.4. The van der Waals surface area contributed by atoms with Crippen LogP contribution in [0, 0.1) is 34.5 Å². The number of methoxy groups -OCH3 is 4. The first-order valence-corrected chi connectivity index (χ1v) is 15.1. The Morgan fingerprint density at radius 3 is 2.40 bits per heavy atom. The molecule has 43 heavy (non-hydrogen) atoms. The molecule has 0 amide bonds. The molecule has 11 heteroatoms. The number of hydrogen-bond donors (Lipinski definition) is 2. The van der Waals surface area contributed by atoms with Crippen molar-refractivity contribution in [2.75, 3.05) is 35.0 Å². The van der Waals surface area contributed by atoms with Crippen molar-refractivity contribution in [2.24, 2.45) is 39.5 Å². The molecule has 6 aliphatic rings. The molecular formula is C32H41NO10. The molecule has 14 atom stereocenters. The van der Waals surface area contributed by atoms with Gasteiger partial charge in [0, 0.05) is 64.2 Å². The summed E-state index contributed by atoms with van der Waals surface area (Å²) in [5, 5.41) is 24.9. The molecule has 5 fully saturated rings. The molecule has 0 unspecified atom stereocenters. The molecule has 1 aromatic rings. The van der Waals surface area contributed by atoms with E-state index in [-0.39, 0.29) is 18.4 Å². The van der Waals surface area contributed by atoms with Crippen molar-refractivity contribution >= 4 is 18.2 Å². The van der Waals surface area contributed by atoms with Gasteiger partial charge in [0.1, 0.15) is 23.9 Å². The van der Waals surface area contributed by atoms with Crippen LogP contribution in [0.5, 0.6) is 0 Å². The Kier molecular flexibility index (Phi) is 6.68. The van der Waals surface area contributed by atoms with E-state index in [0.29, 0.717) is 12.2 Å². The molecule has 1 spiro atoms. The summed E-state index contributed by atoms with van der Waals surface area (Å²) in [5.41, 5.74) is -4.30. The highest BCUT2D eigenvalue weighted by molar-refractivity contribution is 5.89. The minimum absolute atomic E-state index is 0.123. The number of aliphatic hydroxyl groups excluding tert-OH is 1. The molecule has 1 heterocycles. The van der Waals surface area contributed by atoms with E-state index in [1.54, 1.807) is 51.7 Å². The predicted molar refractivity (Wildman–Crippen MR) is 150 cm³/mol. The lowest BCUT2D eigenvalue weighted by Gasteiger charge is -2.65. The Bertz CT molecular complexity index is 1320. The average molecular weight is 600 g/mol. The molecule has 2 N–H and O–H groups in total. The molecule has 5 saturated carbocycles. The van der Waals surface area contributed by atoms with Gasteiger partial charge < -0.3 is 38.6 Å². The molecule has 1 aromatic carbocycles. The smallest absolute Gasteiger partial charge is 0.338 e. The standard InChI is InChI=1S/C32H41NO10/c1-16(34)43-32-20-18(13-30(37,27(41-5)25(32)35)26(20)42-28(36)17-9-7-6-8-10-17)31-19(39-3)11-12-29(15-38-2)14-33-24(31)21(32)22(40-4)23(29)31/h6-10,14,18-27,35,37H,11-13,15H2,1-5H3/t18-,19+,20-,21+,22+,23-,24-,25+,26-,27+,29+,30+,31+,32-/m1/s1. The second kappa shape index (κ2) is 9.79. The minimum Gasteiger partial charge on any atom is -0.455 e. The topological polar surface area (TPSA) is 142 Å². The van der Waals surface area contributed by atoms with E-state index in [1.165, 1.54) is 14.0 Å². The monoisotopic (exact) mass is 599 g/mol. The van der Waals surface area contributed by atoms with Gasteiger partial charge in [-0.15, -0.1) is 0 Å². The van der Waals surface area contributed by atoms with E-state index in [4.69, 9.17) is 33.4 Å². The van der Waals surface area contributed by atoms with Crippen LogP contribution in [0.25, 0.3) is 0 Å². The maximum absolute atomic E-state index is 13.6. The summed E-state index contributed by atoms with van der Waals surface area (Å²) in [6.07, 6.45) is -1.07. The molecule has 234 valence electrons. The van der Waals surface area contributed by atoms with Crippen molar-refractivity contribution in [3.8, 4) is 0 Å². The highest BCUT2D eigenvalue weighted by Crippen LogP contribution is 2.79. The summed E-state index contributed by atoms with van der Waals surface area (Å²) in [6, 6.07) is 8.10. The lowest BCUT2D eigenvalue weighted by Crippen LogP contribution is -2.78. The fraction of sp³-hybridized carbons (Fsp3) is 0.719. The average Bonchev–Trinajstić information content (AvgIpc) is 3.34. The lowest BCUT2D eigenvalue weighted by molar-refractivity contribution is -0.305. The van der Waals surface area contributed by atoms with Crippen molar-refractivity contribution in [3.05, 3.63) is 35.9 Å². The maximum atomic E-state index is 13.6. The molecule has 0 radical (unpaired) electrons. The van der Waals surface area contributed by atoms with Crippen molar-refractivity contribution in [1.29, 1.82) is 0 Å². The van der Waals surface area contributed by atoms with Crippen LogP contribution in [0.2, 0.25) is 0 Å². The number of benzene rings is 1. The normalized spacial score (nSPS) is 49.9. The van der Waals surface area contributed by atoms with E-state index in [9.17, 15) is 19.8 Å². The fourth-order valence-corrected chi connectivity index (χ4v) is 11.3. The first kappa shape index (κ1) is 29.3. The molecule has 0 saturated heterocycles. The Balaban J connectivity index is 1.49. The van der Waals surface area contributed by atoms with Gasteiger partial charge in [-0.3, -0.25) is 9.79 Å². The Hall–Kier alpha value is -2.41. The number of nitrogens with zero attached hydrogens (tertiary/aromatic N) is 1. The lowest BCUT2D eigenvalue weighted by atomic mass is 9.44. The van der Waals surface area contributed by atoms with Gasteiger partial charge in [0.25, 0.3) is 0 Å². The second-order valence-corrected chi connectivity index (χ2v) is 13.4. The van der Waals surface area contributed by atoms with Gasteiger partial charge in [0.05, 0.1) is 36.3 Å². The van der Waals surface area contributed by atoms with E-state index in [2.05, 4.69) is 0 Å². The van der Waals surface area contributed by atoms with Gasteiger partial charge in [0.2, 0.25) is 0 Å². The molecule has 7 rings (SSSR count). The SMILES string of the molecule is COC[C@]12C=N[C@@H]3[C@@H]4[C@H](OC)[C@H]1[C@@]3([C@@H](OC)CC2)[C@@H]1C[C@]2(O)[C@H](OC(=O)c3ccccc3)[C@@H]1[C@]4(OC(C)=O)[C@@H](O)[C@@H]2OC. The van der Waals surface area contributed by atoms with E-state index >= 15 is 0 Å². The fourth-order valence-electron chi connectivity index (χ4n) is 11.3.